The molecule has 6 heteroatoms. The van der Waals surface area contributed by atoms with Gasteiger partial charge in [0.2, 0.25) is 0 Å². The van der Waals surface area contributed by atoms with Crippen LogP contribution in [0.2, 0.25) is 0 Å². The number of anilines is 2. The summed E-state index contributed by atoms with van der Waals surface area (Å²) in [5.41, 5.74) is 2.98. The summed E-state index contributed by atoms with van der Waals surface area (Å²) in [6, 6.07) is 21.4. The zero-order valence-corrected chi connectivity index (χ0v) is 18.8. The quantitative estimate of drug-likeness (QED) is 0.495. The van der Waals surface area contributed by atoms with Crippen LogP contribution in [0.15, 0.2) is 72.8 Å². The van der Waals surface area contributed by atoms with E-state index in [0.29, 0.717) is 34.2 Å². The predicted octanol–water partition coefficient (Wildman–Crippen LogP) is 5.55. The number of fused-ring (bicyclic) bond motifs is 1. The van der Waals surface area contributed by atoms with Crippen molar-refractivity contribution in [1.82, 2.24) is 0 Å². The zero-order chi connectivity index (χ0) is 23.5. The predicted molar refractivity (Wildman–Crippen MR) is 130 cm³/mol. The van der Waals surface area contributed by atoms with Gasteiger partial charge < -0.3 is 10.1 Å². The Balaban J connectivity index is 1.19. The van der Waals surface area contributed by atoms with Crippen LogP contribution in [0.3, 0.4) is 0 Å². The van der Waals surface area contributed by atoms with Gasteiger partial charge in [0.1, 0.15) is 5.75 Å². The molecule has 0 saturated heterocycles. The first kappa shape index (κ1) is 21.9. The van der Waals surface area contributed by atoms with E-state index >= 15 is 0 Å². The highest BCUT2D eigenvalue weighted by Gasteiger charge is 2.36. The second kappa shape index (κ2) is 9.51. The standard InChI is InChI=1S/C28H26N2O4/c31-26(18-34-23-15-13-20(14-16-23)19-7-2-1-3-8-19)29-21-9-6-10-22(17-21)30-27(32)24-11-4-5-12-25(24)28(30)33/h4-6,9-17,19H,1-3,7-8,18H2,(H,29,31). The van der Waals surface area contributed by atoms with Gasteiger partial charge in [-0.05, 0) is 66.8 Å². The first-order valence-corrected chi connectivity index (χ1v) is 11.7. The van der Waals surface area contributed by atoms with Crippen molar-refractivity contribution in [3.8, 4) is 5.75 Å². The van der Waals surface area contributed by atoms with E-state index in [2.05, 4.69) is 17.4 Å². The third kappa shape index (κ3) is 4.44. The van der Waals surface area contributed by atoms with Crippen LogP contribution in [-0.4, -0.2) is 24.3 Å². The molecule has 0 bridgehead atoms. The number of carbonyl (C=O) groups excluding carboxylic acids is 3. The van der Waals surface area contributed by atoms with Crippen LogP contribution in [0.4, 0.5) is 11.4 Å². The van der Waals surface area contributed by atoms with Crippen molar-refractivity contribution in [2.45, 2.75) is 38.0 Å². The van der Waals surface area contributed by atoms with Crippen LogP contribution >= 0.6 is 0 Å². The van der Waals surface area contributed by atoms with Crippen LogP contribution in [0.1, 0.15) is 64.3 Å². The molecule has 1 heterocycles. The molecule has 6 nitrogen and oxygen atoms in total. The molecule has 172 valence electrons. The molecule has 3 aromatic rings. The van der Waals surface area contributed by atoms with Crippen LogP contribution in [0.5, 0.6) is 5.75 Å². The Hall–Kier alpha value is -3.93. The Morgan fingerprint density at radius 1 is 0.853 bits per heavy atom. The molecule has 0 spiro atoms. The van der Waals surface area contributed by atoms with Crippen molar-refractivity contribution in [2.24, 2.45) is 0 Å². The fraction of sp³-hybridized carbons (Fsp3) is 0.250. The number of amides is 3. The maximum Gasteiger partial charge on any atom is 0.266 e. The van der Waals surface area contributed by atoms with E-state index in [-0.39, 0.29) is 24.3 Å². The SMILES string of the molecule is O=C(COc1ccc(C2CCCCC2)cc1)Nc1cccc(N2C(=O)c3ccccc3C2=O)c1. The first-order chi connectivity index (χ1) is 16.6. The van der Waals surface area contributed by atoms with E-state index in [0.717, 1.165) is 4.90 Å². The summed E-state index contributed by atoms with van der Waals surface area (Å²) in [5, 5.41) is 2.78. The Morgan fingerprint density at radius 3 is 2.21 bits per heavy atom. The Labute approximate surface area is 198 Å². The lowest BCUT2D eigenvalue weighted by Crippen LogP contribution is -2.29. The lowest BCUT2D eigenvalue weighted by molar-refractivity contribution is -0.118. The van der Waals surface area contributed by atoms with Crippen molar-refractivity contribution < 1.29 is 19.1 Å². The number of ether oxygens (including phenoxy) is 1. The van der Waals surface area contributed by atoms with Gasteiger partial charge in [-0.3, -0.25) is 14.4 Å². The summed E-state index contributed by atoms with van der Waals surface area (Å²) in [6.07, 6.45) is 6.38. The minimum Gasteiger partial charge on any atom is -0.484 e. The maximum atomic E-state index is 12.7. The molecule has 2 aliphatic rings. The number of hydrogen-bond acceptors (Lipinski definition) is 4. The van der Waals surface area contributed by atoms with Crippen molar-refractivity contribution >= 4 is 29.1 Å². The Kier molecular flexibility index (Phi) is 6.12. The van der Waals surface area contributed by atoms with E-state index in [1.165, 1.54) is 37.7 Å². The zero-order valence-electron chi connectivity index (χ0n) is 18.8. The third-order valence-corrected chi connectivity index (χ3v) is 6.51. The first-order valence-electron chi connectivity index (χ1n) is 11.7. The Bertz CT molecular complexity index is 1190. The summed E-state index contributed by atoms with van der Waals surface area (Å²) in [7, 11) is 0. The van der Waals surface area contributed by atoms with Crippen molar-refractivity contribution in [3.05, 3.63) is 89.5 Å². The van der Waals surface area contributed by atoms with Gasteiger partial charge in [0, 0.05) is 5.69 Å². The topological polar surface area (TPSA) is 75.7 Å². The van der Waals surface area contributed by atoms with E-state index in [1.54, 1.807) is 48.5 Å². The molecule has 1 fully saturated rings. The summed E-state index contributed by atoms with van der Waals surface area (Å²) < 4.78 is 5.66. The van der Waals surface area contributed by atoms with Gasteiger partial charge in [0.25, 0.3) is 17.7 Å². The molecule has 1 aliphatic carbocycles. The smallest absolute Gasteiger partial charge is 0.266 e. The van der Waals surface area contributed by atoms with Crippen molar-refractivity contribution in [3.63, 3.8) is 0 Å². The summed E-state index contributed by atoms with van der Waals surface area (Å²) in [5.74, 6) is 0.207. The fourth-order valence-electron chi connectivity index (χ4n) is 4.76. The van der Waals surface area contributed by atoms with Gasteiger partial charge in [-0.2, -0.15) is 0 Å². The highest BCUT2D eigenvalue weighted by molar-refractivity contribution is 6.34. The van der Waals surface area contributed by atoms with E-state index in [9.17, 15) is 14.4 Å². The third-order valence-electron chi connectivity index (χ3n) is 6.51. The normalized spacial score (nSPS) is 15.8. The summed E-state index contributed by atoms with van der Waals surface area (Å²) in [4.78, 5) is 39.0. The molecule has 0 atom stereocenters. The number of rotatable bonds is 6. The number of carbonyl (C=O) groups is 3. The minimum atomic E-state index is -0.371. The highest BCUT2D eigenvalue weighted by Crippen LogP contribution is 2.33. The van der Waals surface area contributed by atoms with Gasteiger partial charge in [-0.25, -0.2) is 4.90 Å². The molecule has 3 aromatic carbocycles. The van der Waals surface area contributed by atoms with Gasteiger partial charge in [-0.1, -0.05) is 49.6 Å². The molecular weight excluding hydrogens is 428 g/mol. The largest absolute Gasteiger partial charge is 0.484 e. The number of imide groups is 1. The summed E-state index contributed by atoms with van der Waals surface area (Å²) in [6.45, 7) is -0.139. The van der Waals surface area contributed by atoms with Crippen LogP contribution in [0, 0.1) is 0 Å². The summed E-state index contributed by atoms with van der Waals surface area (Å²) >= 11 is 0. The number of benzene rings is 3. The van der Waals surface area contributed by atoms with Crippen LogP contribution < -0.4 is 15.0 Å². The molecule has 0 radical (unpaired) electrons. The monoisotopic (exact) mass is 454 g/mol. The lowest BCUT2D eigenvalue weighted by atomic mass is 9.84. The average molecular weight is 455 g/mol. The molecule has 1 saturated carbocycles. The number of nitrogens with zero attached hydrogens (tertiary/aromatic N) is 1. The maximum absolute atomic E-state index is 12.7. The fourth-order valence-corrected chi connectivity index (χ4v) is 4.76. The van der Waals surface area contributed by atoms with Gasteiger partial charge in [0.05, 0.1) is 16.8 Å². The van der Waals surface area contributed by atoms with Crippen molar-refractivity contribution in [1.29, 1.82) is 0 Å². The van der Waals surface area contributed by atoms with Crippen molar-refractivity contribution in [2.75, 3.05) is 16.8 Å². The van der Waals surface area contributed by atoms with Gasteiger partial charge in [0.15, 0.2) is 6.61 Å². The van der Waals surface area contributed by atoms with Gasteiger partial charge >= 0.3 is 0 Å². The second-order valence-corrected chi connectivity index (χ2v) is 8.78. The molecule has 1 aliphatic heterocycles. The number of hydrogen-bond donors (Lipinski definition) is 1. The van der Waals surface area contributed by atoms with E-state index in [1.807, 2.05) is 12.1 Å². The van der Waals surface area contributed by atoms with E-state index < -0.39 is 0 Å². The molecule has 1 N–H and O–H groups in total. The van der Waals surface area contributed by atoms with E-state index in [4.69, 9.17) is 4.74 Å². The number of nitrogens with one attached hydrogen (secondary N) is 1. The molecule has 3 amide bonds. The average Bonchev–Trinajstić information content (AvgIpc) is 3.14. The molecular formula is C28H26N2O4. The second-order valence-electron chi connectivity index (χ2n) is 8.78. The minimum absolute atomic E-state index is 0.139. The molecule has 5 rings (SSSR count). The van der Waals surface area contributed by atoms with Gasteiger partial charge in [-0.15, -0.1) is 0 Å². The molecule has 34 heavy (non-hydrogen) atoms. The highest BCUT2D eigenvalue weighted by atomic mass is 16.5. The Morgan fingerprint density at radius 2 is 1.53 bits per heavy atom. The molecule has 0 aromatic heterocycles. The lowest BCUT2D eigenvalue weighted by Gasteiger charge is -2.22. The van der Waals surface area contributed by atoms with Crippen LogP contribution in [0.25, 0.3) is 0 Å². The van der Waals surface area contributed by atoms with Crippen LogP contribution in [-0.2, 0) is 4.79 Å². The molecule has 0 unspecified atom stereocenters.